The van der Waals surface area contributed by atoms with Gasteiger partial charge in [0.1, 0.15) is 0 Å². The summed E-state index contributed by atoms with van der Waals surface area (Å²) in [5, 5.41) is -3.14. The van der Waals surface area contributed by atoms with Crippen molar-refractivity contribution in [3.63, 3.8) is 0 Å². The van der Waals surface area contributed by atoms with Crippen LogP contribution in [-0.2, 0) is 0 Å². The van der Waals surface area contributed by atoms with E-state index in [0.717, 1.165) is 12.1 Å². The van der Waals surface area contributed by atoms with Crippen molar-refractivity contribution in [2.24, 2.45) is 0 Å². The molecule has 0 N–H and O–H groups in total. The molecule has 0 saturated heterocycles. The van der Waals surface area contributed by atoms with Gasteiger partial charge in [0.15, 0.2) is 0 Å². The van der Waals surface area contributed by atoms with E-state index in [4.69, 9.17) is 26.0 Å². The molecule has 0 unspecified atom stereocenters. The second-order valence-corrected chi connectivity index (χ2v) is 8.90. The third-order valence-corrected chi connectivity index (χ3v) is 6.59. The molecule has 42 heavy (non-hydrogen) atoms. The van der Waals surface area contributed by atoms with Crippen LogP contribution in [0.1, 0.15) is 35.6 Å². The molecule has 0 aliphatic heterocycles. The Hall–Kier alpha value is -5.46. The van der Waals surface area contributed by atoms with Crippen molar-refractivity contribution in [1.82, 2.24) is 0 Å². The zero-order valence-electron chi connectivity index (χ0n) is 47.2. The molecule has 0 aliphatic rings. The maximum Gasteiger partial charge on any atom is 0.0636 e. The van der Waals surface area contributed by atoms with Gasteiger partial charge in [-0.1, -0.05) is 151 Å². The Balaban J connectivity index is 1.79. The van der Waals surface area contributed by atoms with Crippen LogP contribution in [0.15, 0.2) is 169 Å². The molecule has 0 fully saturated rings. The number of hydrogen-bond donors (Lipinski definition) is 0. The first-order valence-electron chi connectivity index (χ1n) is 25.4. The van der Waals surface area contributed by atoms with Crippen molar-refractivity contribution in [1.29, 1.82) is 0 Å². The molecule has 8 aromatic rings. The molecule has 0 atom stereocenters. The normalized spacial score (nSPS) is 20.0. The Kier molecular flexibility index (Phi) is 2.31. The summed E-state index contributed by atoms with van der Waals surface area (Å²) in [7, 11) is 0. The van der Waals surface area contributed by atoms with Gasteiger partial charge in [0, 0.05) is 0 Å². The van der Waals surface area contributed by atoms with Gasteiger partial charge in [-0.25, -0.2) is 0 Å². The first-order valence-corrected chi connectivity index (χ1v) is 12.4. The van der Waals surface area contributed by atoms with Gasteiger partial charge < -0.3 is 0 Å². The van der Waals surface area contributed by atoms with E-state index in [-0.39, 0.29) is 5.39 Å². The minimum atomic E-state index is -1.05. The summed E-state index contributed by atoms with van der Waals surface area (Å²) in [6.07, 6.45) is 0. The van der Waals surface area contributed by atoms with E-state index in [1.165, 1.54) is 0 Å². The molecule has 0 radical (unpaired) electrons. The monoisotopic (exact) mass is 558 g/mol. The summed E-state index contributed by atoms with van der Waals surface area (Å²) < 4.78 is 231. The molecule has 0 heterocycles. The highest BCUT2D eigenvalue weighted by atomic mass is 14.2. The second kappa shape index (κ2) is 10.2. The largest absolute Gasteiger partial charge is 0.0636 e. The van der Waals surface area contributed by atoms with Crippen molar-refractivity contribution in [3.05, 3.63) is 169 Å². The van der Waals surface area contributed by atoms with Crippen LogP contribution in [0.2, 0.25) is 0 Å². The van der Waals surface area contributed by atoms with Crippen LogP contribution >= 0.6 is 0 Å². The Bertz CT molecular complexity index is 3530. The fourth-order valence-corrected chi connectivity index (χ4v) is 4.85. The van der Waals surface area contributed by atoms with E-state index < -0.39 is 229 Å². The molecule has 8 rings (SSSR count). The predicted molar refractivity (Wildman–Crippen MR) is 181 cm³/mol. The number of hydrogen-bond acceptors (Lipinski definition) is 0. The minimum absolute atomic E-state index is 0.335. The third kappa shape index (κ3) is 4.08. The molecule has 196 valence electrons. The Morgan fingerprint density at radius 2 is 0.786 bits per heavy atom. The standard InChI is InChI=1S/C42H28/c1-3-14-29(15-4-1)32-26-33(30-16-5-2-6-17-30)28-34(27-32)41-37-21-9-11-23-39(37)42(40-24-12-10-22-38(40)41)36-25-13-19-31-18-7-8-20-35(31)36/h1-28H/i1D,2D,3D,4D,5D,6D,7D,8D,9D,10D,11D,12D,13D,14D,15D,16D,17D,18D,19D,21D,23D,24D,25D,26D,27D,28D. The molecule has 0 saturated carbocycles. The SMILES string of the molecule is [2H]c1cc2c(-c3c4c([2H])c([2H])c([2H])cc4c(-c4c([2H])c(-c5c([2H])c([2H])c([2H])c([2H])c5[2H])c([2H])c(-c5c([2H])c([2H])c([2H])c([2H])c5[2H])c4[2H])c4c([2H])c([2H])c([2H])c([2H])c34)c([2H])c([2H])c([2H])c2c([2H])c1[2H]. The van der Waals surface area contributed by atoms with Gasteiger partial charge >= 0.3 is 0 Å². The quantitative estimate of drug-likeness (QED) is 0.188. The van der Waals surface area contributed by atoms with Gasteiger partial charge in [-0.15, -0.1) is 0 Å². The highest BCUT2D eigenvalue weighted by Crippen LogP contribution is 2.46. The molecular formula is C42H28. The lowest BCUT2D eigenvalue weighted by Gasteiger charge is -2.20. The van der Waals surface area contributed by atoms with E-state index in [1.54, 1.807) is 0 Å². The van der Waals surface area contributed by atoms with Gasteiger partial charge in [-0.3, -0.25) is 0 Å². The van der Waals surface area contributed by atoms with Crippen LogP contribution in [0.4, 0.5) is 0 Å². The lowest BCUT2D eigenvalue weighted by Crippen LogP contribution is -1.92. The van der Waals surface area contributed by atoms with Gasteiger partial charge in [0.05, 0.1) is 35.6 Å². The maximum absolute atomic E-state index is 9.84. The van der Waals surface area contributed by atoms with Crippen LogP contribution in [0, 0.1) is 0 Å². The highest BCUT2D eigenvalue weighted by molar-refractivity contribution is 6.23. The van der Waals surface area contributed by atoms with Gasteiger partial charge in [-0.05, 0) is 95.0 Å². The average molecular weight is 559 g/mol. The second-order valence-electron chi connectivity index (χ2n) is 8.90. The molecule has 0 amide bonds. The summed E-state index contributed by atoms with van der Waals surface area (Å²) in [6, 6.07) is -21.5. The third-order valence-electron chi connectivity index (χ3n) is 6.59. The molecule has 0 bridgehead atoms. The first kappa shape index (κ1) is 9.54. The highest BCUT2D eigenvalue weighted by Gasteiger charge is 2.19. The van der Waals surface area contributed by atoms with Crippen molar-refractivity contribution in [2.45, 2.75) is 0 Å². The lowest BCUT2D eigenvalue weighted by molar-refractivity contribution is 1.58. The van der Waals surface area contributed by atoms with Gasteiger partial charge in [0.25, 0.3) is 0 Å². The average Bonchev–Trinajstić information content (AvgIpc) is 3.29. The predicted octanol–water partition coefficient (Wildman–Crippen LogP) is 11.8. The van der Waals surface area contributed by atoms with Crippen LogP contribution in [0.3, 0.4) is 0 Å². The summed E-state index contributed by atoms with van der Waals surface area (Å²) in [5.41, 5.74) is -5.97. The van der Waals surface area contributed by atoms with Crippen LogP contribution < -0.4 is 0 Å². The van der Waals surface area contributed by atoms with E-state index in [9.17, 15) is 9.60 Å². The topological polar surface area (TPSA) is 0 Å². The van der Waals surface area contributed by atoms with Crippen molar-refractivity contribution in [3.8, 4) is 44.5 Å². The van der Waals surface area contributed by atoms with E-state index >= 15 is 0 Å². The molecule has 0 nitrogen and oxygen atoms in total. The van der Waals surface area contributed by atoms with E-state index in [1.807, 2.05) is 0 Å². The summed E-state index contributed by atoms with van der Waals surface area (Å²) >= 11 is 0. The molecule has 8 aromatic carbocycles. The number of rotatable bonds is 4. The summed E-state index contributed by atoms with van der Waals surface area (Å²) in [6.45, 7) is 0. The zero-order chi connectivity index (χ0) is 50.5. The Morgan fingerprint density at radius 1 is 0.310 bits per heavy atom. The Labute approximate surface area is 282 Å². The maximum atomic E-state index is 9.84. The molecular weight excluding hydrogens is 504 g/mol. The van der Waals surface area contributed by atoms with Gasteiger partial charge in [-0.2, -0.15) is 0 Å². The van der Waals surface area contributed by atoms with E-state index in [2.05, 4.69) is 0 Å². The first-order chi connectivity index (χ1) is 31.6. The summed E-state index contributed by atoms with van der Waals surface area (Å²) in [4.78, 5) is 0. The van der Waals surface area contributed by atoms with Crippen LogP contribution in [-0.4, -0.2) is 0 Å². The van der Waals surface area contributed by atoms with Crippen molar-refractivity contribution < 1.29 is 35.6 Å². The lowest BCUT2D eigenvalue weighted by atomic mass is 9.83. The van der Waals surface area contributed by atoms with E-state index in [0.29, 0.717) is 0 Å². The minimum Gasteiger partial charge on any atom is -0.0622 e. The molecule has 0 spiro atoms. The number of benzene rings is 8. The molecule has 0 aliphatic carbocycles. The fraction of sp³-hybridized carbons (Fsp3) is 0. The number of fused-ring (bicyclic) bond motifs is 3. The molecule has 0 aromatic heterocycles. The molecule has 0 heteroatoms. The fourth-order valence-electron chi connectivity index (χ4n) is 4.85. The smallest absolute Gasteiger partial charge is 0.0622 e. The van der Waals surface area contributed by atoms with Crippen molar-refractivity contribution >= 4 is 32.3 Å². The zero-order valence-corrected chi connectivity index (χ0v) is 21.2. The van der Waals surface area contributed by atoms with Crippen LogP contribution in [0.5, 0.6) is 0 Å². The Morgan fingerprint density at radius 3 is 1.45 bits per heavy atom. The summed E-state index contributed by atoms with van der Waals surface area (Å²) in [5.74, 6) is 0. The van der Waals surface area contributed by atoms with Crippen LogP contribution in [0.25, 0.3) is 76.8 Å². The van der Waals surface area contributed by atoms with Crippen molar-refractivity contribution in [2.75, 3.05) is 0 Å². The van der Waals surface area contributed by atoms with Gasteiger partial charge in [0.2, 0.25) is 0 Å².